The lowest BCUT2D eigenvalue weighted by atomic mass is 10.3. The minimum atomic E-state index is -0.0918. The van der Waals surface area contributed by atoms with Crippen molar-refractivity contribution >= 4 is 5.84 Å². The highest BCUT2D eigenvalue weighted by Crippen LogP contribution is 2.14. The summed E-state index contributed by atoms with van der Waals surface area (Å²) >= 11 is 0. The zero-order valence-corrected chi connectivity index (χ0v) is 10.2. The van der Waals surface area contributed by atoms with Crippen molar-refractivity contribution in [3.63, 3.8) is 0 Å². The van der Waals surface area contributed by atoms with Crippen LogP contribution in [0.25, 0.3) is 0 Å². The lowest BCUT2D eigenvalue weighted by Gasteiger charge is -2.09. The molecular weight excluding hydrogens is 238 g/mol. The van der Waals surface area contributed by atoms with Crippen LogP contribution in [0.5, 0.6) is 5.75 Å². The Morgan fingerprint density at radius 1 is 1.39 bits per heavy atom. The van der Waals surface area contributed by atoms with Crippen LogP contribution in [0, 0.1) is 0 Å². The fraction of sp³-hybridized carbons (Fsp3) is 0.455. The molecule has 0 bridgehead atoms. The van der Waals surface area contributed by atoms with Crippen molar-refractivity contribution < 1.29 is 19.4 Å². The van der Waals surface area contributed by atoms with Crippen molar-refractivity contribution in [1.82, 2.24) is 4.98 Å². The molecule has 0 saturated carbocycles. The number of aromatic nitrogens is 1. The Kier molecular flexibility index (Phi) is 6.52. The molecule has 1 aromatic heterocycles. The van der Waals surface area contributed by atoms with E-state index in [4.69, 9.17) is 25.2 Å². The molecule has 3 N–H and O–H groups in total. The maximum absolute atomic E-state index is 8.61. The summed E-state index contributed by atoms with van der Waals surface area (Å²) in [5, 5.41) is 11.5. The molecule has 0 aliphatic carbocycles. The molecule has 0 atom stereocenters. The predicted molar refractivity (Wildman–Crippen MR) is 64.9 cm³/mol. The molecule has 7 heteroatoms. The minimum Gasteiger partial charge on any atom is -0.489 e. The zero-order valence-electron chi connectivity index (χ0n) is 10.2. The van der Waals surface area contributed by atoms with Gasteiger partial charge in [-0.1, -0.05) is 5.16 Å². The molecule has 0 unspecified atom stereocenters. The summed E-state index contributed by atoms with van der Waals surface area (Å²) in [6.45, 7) is 1.83. The number of oxime groups is 1. The van der Waals surface area contributed by atoms with Gasteiger partial charge in [-0.3, -0.25) is 0 Å². The molecule has 1 aromatic rings. The van der Waals surface area contributed by atoms with E-state index in [1.807, 2.05) is 0 Å². The summed E-state index contributed by atoms with van der Waals surface area (Å²) in [7, 11) is 1.61. The highest BCUT2D eigenvalue weighted by atomic mass is 16.5. The number of hydrogen-bond donors (Lipinski definition) is 2. The molecule has 18 heavy (non-hydrogen) atoms. The number of nitrogens with zero attached hydrogens (tertiary/aromatic N) is 2. The second-order valence-electron chi connectivity index (χ2n) is 3.29. The van der Waals surface area contributed by atoms with Gasteiger partial charge in [0.05, 0.1) is 19.8 Å². The first-order chi connectivity index (χ1) is 8.79. The van der Waals surface area contributed by atoms with Crippen LogP contribution < -0.4 is 10.5 Å². The second kappa shape index (κ2) is 8.26. The number of ether oxygens (including phenoxy) is 3. The van der Waals surface area contributed by atoms with E-state index in [1.165, 1.54) is 6.20 Å². The average molecular weight is 255 g/mol. The fourth-order valence-corrected chi connectivity index (χ4v) is 1.20. The number of methoxy groups -OCH3 is 1. The number of pyridine rings is 1. The lowest BCUT2D eigenvalue weighted by Crippen LogP contribution is -2.18. The van der Waals surface area contributed by atoms with Crippen molar-refractivity contribution in [3.05, 3.63) is 24.0 Å². The van der Waals surface area contributed by atoms with Crippen molar-refractivity contribution in [2.24, 2.45) is 10.9 Å². The summed E-state index contributed by atoms with van der Waals surface area (Å²) in [5.74, 6) is 0.356. The number of hydrogen-bond acceptors (Lipinski definition) is 6. The quantitative estimate of drug-likeness (QED) is 0.226. The largest absolute Gasteiger partial charge is 0.489 e. The first-order valence-electron chi connectivity index (χ1n) is 5.42. The van der Waals surface area contributed by atoms with Gasteiger partial charge in [0.15, 0.2) is 11.5 Å². The van der Waals surface area contributed by atoms with Gasteiger partial charge in [-0.15, -0.1) is 0 Å². The van der Waals surface area contributed by atoms with Gasteiger partial charge in [0, 0.05) is 13.3 Å². The van der Waals surface area contributed by atoms with E-state index in [-0.39, 0.29) is 5.84 Å². The molecular formula is C11H17N3O4. The van der Waals surface area contributed by atoms with Crippen LogP contribution in [0.4, 0.5) is 0 Å². The Labute approximate surface area is 105 Å². The van der Waals surface area contributed by atoms with Gasteiger partial charge < -0.3 is 25.2 Å². The SMILES string of the molecule is COCCOCCOc1cccnc1/C(N)=N/O. The van der Waals surface area contributed by atoms with Crippen LogP contribution in [-0.2, 0) is 9.47 Å². The monoisotopic (exact) mass is 255 g/mol. The number of amidine groups is 1. The third-order valence-corrected chi connectivity index (χ3v) is 2.04. The fourth-order valence-electron chi connectivity index (χ4n) is 1.20. The molecule has 1 heterocycles. The maximum Gasteiger partial charge on any atom is 0.192 e. The van der Waals surface area contributed by atoms with E-state index < -0.39 is 0 Å². The third-order valence-electron chi connectivity index (χ3n) is 2.04. The smallest absolute Gasteiger partial charge is 0.192 e. The number of nitrogens with two attached hydrogens (primary N) is 1. The Morgan fingerprint density at radius 3 is 2.89 bits per heavy atom. The van der Waals surface area contributed by atoms with Crippen molar-refractivity contribution in [1.29, 1.82) is 0 Å². The molecule has 100 valence electrons. The van der Waals surface area contributed by atoms with Gasteiger partial charge in [0.2, 0.25) is 0 Å². The second-order valence-corrected chi connectivity index (χ2v) is 3.29. The molecule has 0 aliphatic rings. The molecule has 0 aromatic carbocycles. The molecule has 0 fully saturated rings. The average Bonchev–Trinajstić information content (AvgIpc) is 2.42. The molecule has 0 spiro atoms. The summed E-state index contributed by atoms with van der Waals surface area (Å²) in [5.41, 5.74) is 5.78. The molecule has 0 radical (unpaired) electrons. The van der Waals surface area contributed by atoms with Gasteiger partial charge in [-0.25, -0.2) is 4.98 Å². The van der Waals surface area contributed by atoms with Crippen molar-refractivity contribution in [2.45, 2.75) is 0 Å². The van der Waals surface area contributed by atoms with Gasteiger partial charge >= 0.3 is 0 Å². The Balaban J connectivity index is 2.42. The van der Waals surface area contributed by atoms with E-state index in [0.717, 1.165) is 0 Å². The van der Waals surface area contributed by atoms with E-state index in [2.05, 4.69) is 10.1 Å². The molecule has 0 saturated heterocycles. The minimum absolute atomic E-state index is 0.0918. The summed E-state index contributed by atoms with van der Waals surface area (Å²) in [4.78, 5) is 3.98. The van der Waals surface area contributed by atoms with Crippen LogP contribution in [0.2, 0.25) is 0 Å². The van der Waals surface area contributed by atoms with Crippen LogP contribution in [0.15, 0.2) is 23.5 Å². The first-order valence-corrected chi connectivity index (χ1v) is 5.42. The van der Waals surface area contributed by atoms with E-state index >= 15 is 0 Å². The summed E-state index contributed by atoms with van der Waals surface area (Å²) in [6, 6.07) is 3.39. The van der Waals surface area contributed by atoms with Gasteiger partial charge in [0.1, 0.15) is 12.4 Å². The highest BCUT2D eigenvalue weighted by Gasteiger charge is 2.08. The van der Waals surface area contributed by atoms with E-state index in [0.29, 0.717) is 37.9 Å². The van der Waals surface area contributed by atoms with Gasteiger partial charge in [0.25, 0.3) is 0 Å². The van der Waals surface area contributed by atoms with Crippen LogP contribution in [0.1, 0.15) is 5.69 Å². The van der Waals surface area contributed by atoms with E-state index in [9.17, 15) is 0 Å². The zero-order chi connectivity index (χ0) is 13.2. The van der Waals surface area contributed by atoms with Gasteiger partial charge in [-0.2, -0.15) is 0 Å². The van der Waals surface area contributed by atoms with Crippen LogP contribution in [-0.4, -0.2) is 49.6 Å². The lowest BCUT2D eigenvalue weighted by molar-refractivity contribution is 0.0543. The Bertz CT molecular complexity index is 384. The normalized spacial score (nSPS) is 11.5. The standard InChI is InChI=1S/C11H17N3O4/c1-16-5-6-17-7-8-18-9-3-2-4-13-10(9)11(12)14-15/h2-4,15H,5-8H2,1H3,(H2,12,14). The van der Waals surface area contributed by atoms with Crippen molar-refractivity contribution in [2.75, 3.05) is 33.5 Å². The topological polar surface area (TPSA) is 99.2 Å². The highest BCUT2D eigenvalue weighted by molar-refractivity contribution is 5.97. The summed E-state index contributed by atoms with van der Waals surface area (Å²) < 4.78 is 15.5. The Hall–Kier alpha value is -1.86. The van der Waals surface area contributed by atoms with Crippen molar-refractivity contribution in [3.8, 4) is 5.75 Å². The Morgan fingerprint density at radius 2 is 2.17 bits per heavy atom. The predicted octanol–water partition coefficient (Wildman–Crippen LogP) is 0.218. The summed E-state index contributed by atoms with van der Waals surface area (Å²) in [6.07, 6.45) is 1.54. The molecule has 0 amide bonds. The van der Waals surface area contributed by atoms with E-state index in [1.54, 1.807) is 19.2 Å². The first kappa shape index (κ1) is 14.2. The molecule has 0 aliphatic heterocycles. The molecule has 7 nitrogen and oxygen atoms in total. The molecule has 1 rings (SSSR count). The van der Waals surface area contributed by atoms with Gasteiger partial charge in [-0.05, 0) is 12.1 Å². The third kappa shape index (κ3) is 4.56. The number of rotatable bonds is 8. The van der Waals surface area contributed by atoms with Crippen LogP contribution in [0.3, 0.4) is 0 Å². The maximum atomic E-state index is 8.61. The van der Waals surface area contributed by atoms with Crippen LogP contribution >= 0.6 is 0 Å².